The van der Waals surface area contributed by atoms with Crippen molar-refractivity contribution in [3.8, 4) is 0 Å². The highest BCUT2D eigenvalue weighted by Crippen LogP contribution is 2.74. The van der Waals surface area contributed by atoms with Crippen LogP contribution in [0.25, 0.3) is 0 Å². The zero-order valence-electron chi connectivity index (χ0n) is 23.5. The summed E-state index contributed by atoms with van der Waals surface area (Å²) < 4.78 is 12.4. The molecule has 2 unspecified atom stereocenters. The zero-order chi connectivity index (χ0) is 26.4. The lowest BCUT2D eigenvalue weighted by molar-refractivity contribution is 0.0811. The minimum atomic E-state index is 0.0143. The van der Waals surface area contributed by atoms with E-state index in [1.165, 1.54) is 41.8 Å². The Kier molecular flexibility index (Phi) is 9.55. The molecule has 0 amide bonds. The number of fused-ring (bicyclic) bond motifs is 4. The summed E-state index contributed by atoms with van der Waals surface area (Å²) in [6, 6.07) is 17.5. The van der Waals surface area contributed by atoms with Crippen molar-refractivity contribution in [3.63, 3.8) is 0 Å². The van der Waals surface area contributed by atoms with Gasteiger partial charge in [0.2, 0.25) is 0 Å². The normalized spacial score (nSPS) is 24.9. The molecule has 1 fully saturated rings. The topological polar surface area (TPSA) is 12.0 Å². The van der Waals surface area contributed by atoms with Crippen LogP contribution >= 0.6 is 11.8 Å². The number of benzene rings is 2. The molecule has 3 heteroatoms. The molecule has 36 heavy (non-hydrogen) atoms. The maximum atomic E-state index is 12.4. The van der Waals surface area contributed by atoms with Crippen molar-refractivity contribution in [2.24, 2.45) is 5.41 Å². The van der Waals surface area contributed by atoms with Gasteiger partial charge in [0, 0.05) is 30.0 Å². The second-order valence-corrected chi connectivity index (χ2v) is 12.3. The van der Waals surface area contributed by atoms with Gasteiger partial charge in [-0.25, -0.2) is 4.39 Å². The van der Waals surface area contributed by atoms with E-state index in [1.807, 2.05) is 13.1 Å². The van der Waals surface area contributed by atoms with E-state index in [0.29, 0.717) is 22.7 Å². The number of thioether (sulfide) groups is 1. The fourth-order valence-corrected chi connectivity index (χ4v) is 7.87. The minimum Gasteiger partial charge on any atom is -0.388 e. The van der Waals surface area contributed by atoms with Crippen LogP contribution < -0.4 is 5.32 Å². The van der Waals surface area contributed by atoms with Gasteiger partial charge in [-0.15, -0.1) is 11.8 Å². The molecule has 0 heterocycles. The van der Waals surface area contributed by atoms with E-state index >= 15 is 0 Å². The van der Waals surface area contributed by atoms with Crippen LogP contribution in [-0.2, 0) is 10.8 Å². The van der Waals surface area contributed by atoms with E-state index in [2.05, 4.69) is 95.4 Å². The summed E-state index contributed by atoms with van der Waals surface area (Å²) in [5.74, 6) is 1.10. The van der Waals surface area contributed by atoms with Crippen LogP contribution in [0.1, 0.15) is 89.8 Å². The lowest BCUT2D eigenvalue weighted by Crippen LogP contribution is -2.59. The van der Waals surface area contributed by atoms with Crippen molar-refractivity contribution in [2.45, 2.75) is 90.9 Å². The summed E-state index contributed by atoms with van der Waals surface area (Å²) >= 11 is 1.80. The first kappa shape index (κ1) is 28.6. The molecule has 196 valence electrons. The van der Waals surface area contributed by atoms with Crippen molar-refractivity contribution >= 4 is 17.4 Å². The highest BCUT2D eigenvalue weighted by molar-refractivity contribution is 8.03. The van der Waals surface area contributed by atoms with Crippen molar-refractivity contribution in [3.05, 3.63) is 88.1 Å². The van der Waals surface area contributed by atoms with Gasteiger partial charge in [0.15, 0.2) is 0 Å². The Morgan fingerprint density at radius 1 is 0.861 bits per heavy atom. The molecule has 1 saturated carbocycles. The van der Waals surface area contributed by atoms with Gasteiger partial charge in [-0.1, -0.05) is 82.7 Å². The fraction of sp³-hybridized carbons (Fsp3) is 0.515. The Bertz CT molecular complexity index is 1060. The number of hydrogen-bond donors (Lipinski definition) is 1. The molecule has 0 bridgehead atoms. The minimum absolute atomic E-state index is 0.0143. The molecule has 2 aromatic carbocycles. The van der Waals surface area contributed by atoms with Gasteiger partial charge in [0.1, 0.15) is 5.83 Å². The second-order valence-electron chi connectivity index (χ2n) is 10.9. The third kappa shape index (κ3) is 5.19. The van der Waals surface area contributed by atoms with Crippen LogP contribution in [-0.4, -0.2) is 12.8 Å². The molecule has 2 aromatic rings. The Balaban J connectivity index is 0.000000163. The lowest BCUT2D eigenvalue weighted by atomic mass is 9.41. The smallest absolute Gasteiger partial charge is 0.100 e. The molecular formula is C33H46FNS. The average molecular weight is 508 g/mol. The SMILES string of the molecule is CCC12CCC(C)(C)C1(CC)c1ccccc12.CCSC1=CC=C(F)CC1.CNc1ccc(C)cc1. The van der Waals surface area contributed by atoms with Crippen LogP contribution in [0.2, 0.25) is 0 Å². The van der Waals surface area contributed by atoms with Gasteiger partial charge in [-0.3, -0.25) is 0 Å². The van der Waals surface area contributed by atoms with Gasteiger partial charge < -0.3 is 5.32 Å². The molecule has 0 spiro atoms. The Morgan fingerprint density at radius 3 is 2.06 bits per heavy atom. The van der Waals surface area contributed by atoms with E-state index in [1.54, 1.807) is 29.0 Å². The highest BCUT2D eigenvalue weighted by Gasteiger charge is 2.70. The Labute approximate surface area is 224 Å². The first-order chi connectivity index (χ1) is 17.2. The maximum Gasteiger partial charge on any atom is 0.100 e. The first-order valence-corrected chi connectivity index (χ1v) is 14.7. The van der Waals surface area contributed by atoms with Crippen LogP contribution in [0.15, 0.2) is 71.4 Å². The summed E-state index contributed by atoms with van der Waals surface area (Å²) in [5, 5.41) is 3.05. The molecular weight excluding hydrogens is 461 g/mol. The molecule has 2 atom stereocenters. The van der Waals surface area contributed by atoms with Crippen molar-refractivity contribution in [2.75, 3.05) is 18.1 Å². The molecule has 3 aliphatic rings. The molecule has 3 aliphatic carbocycles. The molecule has 1 nitrogen and oxygen atoms in total. The number of aryl methyl sites for hydroxylation is 1. The standard InChI is InChI=1S/C17H24.C8H11FS.C8H11N/c1-5-16-12-11-15(3,4)17(16,6-2)14-10-8-7-9-13(14)16;1-2-10-8-5-3-7(9)4-6-8;1-7-3-5-8(9-2)6-4-7/h7-10H,5-6,11-12H2,1-4H3;3,5H,2,4,6H2,1H3;3-6,9H,1-2H3. The third-order valence-electron chi connectivity index (χ3n) is 8.92. The number of hydrogen-bond acceptors (Lipinski definition) is 2. The number of halogens is 1. The van der Waals surface area contributed by atoms with E-state index in [4.69, 9.17) is 0 Å². The largest absolute Gasteiger partial charge is 0.388 e. The van der Waals surface area contributed by atoms with Crippen LogP contribution in [0.4, 0.5) is 10.1 Å². The molecule has 0 aliphatic heterocycles. The summed E-state index contributed by atoms with van der Waals surface area (Å²) in [4.78, 5) is 1.31. The van der Waals surface area contributed by atoms with Crippen LogP contribution in [0.3, 0.4) is 0 Å². The molecule has 0 saturated heterocycles. The van der Waals surface area contributed by atoms with Gasteiger partial charge in [0.05, 0.1) is 0 Å². The summed E-state index contributed by atoms with van der Waals surface area (Å²) in [7, 11) is 1.92. The van der Waals surface area contributed by atoms with Crippen molar-refractivity contribution in [1.82, 2.24) is 0 Å². The molecule has 0 aromatic heterocycles. The van der Waals surface area contributed by atoms with Gasteiger partial charge in [0.25, 0.3) is 0 Å². The molecule has 0 radical (unpaired) electrons. The van der Waals surface area contributed by atoms with E-state index < -0.39 is 0 Å². The zero-order valence-corrected chi connectivity index (χ0v) is 24.3. The molecule has 1 N–H and O–H groups in total. The van der Waals surface area contributed by atoms with Gasteiger partial charge in [-0.2, -0.15) is 0 Å². The predicted octanol–water partition coefficient (Wildman–Crippen LogP) is 10.1. The number of rotatable bonds is 5. The van der Waals surface area contributed by atoms with Crippen LogP contribution in [0, 0.1) is 12.3 Å². The fourth-order valence-electron chi connectivity index (χ4n) is 7.09. The lowest BCUT2D eigenvalue weighted by Gasteiger charge is -2.62. The van der Waals surface area contributed by atoms with Gasteiger partial charge >= 0.3 is 0 Å². The summed E-state index contributed by atoms with van der Waals surface area (Å²) in [5.41, 5.74) is 7.19. The quantitative estimate of drug-likeness (QED) is 0.432. The number of nitrogens with one attached hydrogen (secondary N) is 1. The van der Waals surface area contributed by atoms with Crippen molar-refractivity contribution in [1.29, 1.82) is 0 Å². The van der Waals surface area contributed by atoms with Crippen molar-refractivity contribution < 1.29 is 4.39 Å². The summed E-state index contributed by atoms with van der Waals surface area (Å²) in [6.07, 6.45) is 10.3. The third-order valence-corrected chi connectivity index (χ3v) is 9.92. The highest BCUT2D eigenvalue weighted by atomic mass is 32.2. The van der Waals surface area contributed by atoms with E-state index in [-0.39, 0.29) is 5.83 Å². The van der Waals surface area contributed by atoms with E-state index in [9.17, 15) is 4.39 Å². The number of anilines is 1. The monoisotopic (exact) mass is 507 g/mol. The van der Waals surface area contributed by atoms with Crippen LogP contribution in [0.5, 0.6) is 0 Å². The summed E-state index contributed by atoms with van der Waals surface area (Å²) in [6.45, 7) is 14.0. The number of allylic oxidation sites excluding steroid dienone is 4. The van der Waals surface area contributed by atoms with Gasteiger partial charge in [-0.05, 0) is 84.4 Å². The van der Waals surface area contributed by atoms with E-state index in [0.717, 1.165) is 12.2 Å². The Hall–Kier alpha value is -2.00. The predicted molar refractivity (Wildman–Crippen MR) is 159 cm³/mol. The maximum absolute atomic E-state index is 12.4. The first-order valence-electron chi connectivity index (χ1n) is 13.7. The average Bonchev–Trinajstić information content (AvgIpc) is 3.08. The molecule has 5 rings (SSSR count). The Morgan fingerprint density at radius 2 is 1.53 bits per heavy atom. The second kappa shape index (κ2) is 12.0.